The quantitative estimate of drug-likeness (QED) is 0.237. The third-order valence-corrected chi connectivity index (χ3v) is 10.8. The van der Waals surface area contributed by atoms with Crippen molar-refractivity contribution in [1.82, 2.24) is 0 Å². The van der Waals surface area contributed by atoms with Crippen LogP contribution in [0.1, 0.15) is 153 Å². The van der Waals surface area contributed by atoms with Gasteiger partial charge in [0.1, 0.15) is 5.75 Å². The molecular formula is C34H56O2. The van der Waals surface area contributed by atoms with Crippen LogP contribution in [-0.4, -0.2) is 16.3 Å². The van der Waals surface area contributed by atoms with Gasteiger partial charge >= 0.3 is 0 Å². The third kappa shape index (κ3) is 6.69. The SMILES string of the molecule is CCCCCCCCCCCCCCCC[C@@H]1Cc2cc(O)ccc2C2CC[C@@]3(C)C(CC[C@@H]3O)C21. The first kappa shape index (κ1) is 28.0. The Labute approximate surface area is 222 Å². The van der Waals surface area contributed by atoms with Crippen LogP contribution in [0.25, 0.3) is 0 Å². The summed E-state index contributed by atoms with van der Waals surface area (Å²) in [5.74, 6) is 3.18. The highest BCUT2D eigenvalue weighted by molar-refractivity contribution is 5.40. The van der Waals surface area contributed by atoms with Gasteiger partial charge in [0.05, 0.1) is 6.10 Å². The molecule has 0 aliphatic heterocycles. The van der Waals surface area contributed by atoms with Crippen LogP contribution in [0.3, 0.4) is 0 Å². The summed E-state index contributed by atoms with van der Waals surface area (Å²) >= 11 is 0. The van der Waals surface area contributed by atoms with Gasteiger partial charge in [-0.3, -0.25) is 0 Å². The van der Waals surface area contributed by atoms with E-state index in [1.807, 2.05) is 6.07 Å². The lowest BCUT2D eigenvalue weighted by molar-refractivity contribution is -0.0396. The molecular weight excluding hydrogens is 440 g/mol. The van der Waals surface area contributed by atoms with Crippen molar-refractivity contribution in [1.29, 1.82) is 0 Å². The molecule has 2 fully saturated rings. The molecule has 2 N–H and O–H groups in total. The van der Waals surface area contributed by atoms with Crippen molar-refractivity contribution in [2.24, 2.45) is 23.2 Å². The second kappa shape index (κ2) is 13.7. The smallest absolute Gasteiger partial charge is 0.115 e. The van der Waals surface area contributed by atoms with E-state index in [0.29, 0.717) is 17.6 Å². The summed E-state index contributed by atoms with van der Waals surface area (Å²) in [5, 5.41) is 21.0. The van der Waals surface area contributed by atoms with E-state index in [1.165, 1.54) is 120 Å². The zero-order chi connectivity index (χ0) is 25.4. The summed E-state index contributed by atoms with van der Waals surface area (Å²) in [6, 6.07) is 6.18. The zero-order valence-corrected chi connectivity index (χ0v) is 23.7. The van der Waals surface area contributed by atoms with Crippen molar-refractivity contribution in [2.45, 2.75) is 154 Å². The molecule has 36 heavy (non-hydrogen) atoms. The molecule has 3 aliphatic rings. The van der Waals surface area contributed by atoms with E-state index >= 15 is 0 Å². The Morgan fingerprint density at radius 2 is 1.42 bits per heavy atom. The van der Waals surface area contributed by atoms with Gasteiger partial charge in [0, 0.05) is 0 Å². The van der Waals surface area contributed by atoms with Crippen LogP contribution in [0.4, 0.5) is 0 Å². The Hall–Kier alpha value is -1.02. The lowest BCUT2D eigenvalue weighted by atomic mass is 9.52. The molecule has 0 heterocycles. The molecule has 4 rings (SSSR count). The predicted molar refractivity (Wildman–Crippen MR) is 153 cm³/mol. The molecule has 0 amide bonds. The molecule has 0 aromatic heterocycles. The number of hydrogen-bond donors (Lipinski definition) is 2. The van der Waals surface area contributed by atoms with E-state index in [0.717, 1.165) is 31.1 Å². The topological polar surface area (TPSA) is 40.5 Å². The van der Waals surface area contributed by atoms with Gasteiger partial charge in [0.25, 0.3) is 0 Å². The second-order valence-electron chi connectivity index (χ2n) is 13.2. The van der Waals surface area contributed by atoms with E-state index in [-0.39, 0.29) is 11.5 Å². The Bertz CT molecular complexity index is 787. The number of aromatic hydroxyl groups is 1. The van der Waals surface area contributed by atoms with E-state index in [1.54, 1.807) is 0 Å². The maximum atomic E-state index is 10.9. The van der Waals surface area contributed by atoms with Crippen molar-refractivity contribution in [3.05, 3.63) is 29.3 Å². The summed E-state index contributed by atoms with van der Waals surface area (Å²) in [6.45, 7) is 4.69. The van der Waals surface area contributed by atoms with Crippen LogP contribution in [-0.2, 0) is 6.42 Å². The normalized spacial score (nSPS) is 31.1. The minimum Gasteiger partial charge on any atom is -0.508 e. The summed E-state index contributed by atoms with van der Waals surface area (Å²) in [5.41, 5.74) is 3.05. The van der Waals surface area contributed by atoms with E-state index in [9.17, 15) is 10.2 Å². The molecule has 2 nitrogen and oxygen atoms in total. The first-order valence-corrected chi connectivity index (χ1v) is 16.0. The summed E-state index contributed by atoms with van der Waals surface area (Å²) in [6.07, 6.45) is 26.8. The van der Waals surface area contributed by atoms with Crippen molar-refractivity contribution < 1.29 is 10.2 Å². The van der Waals surface area contributed by atoms with Crippen LogP contribution in [0.5, 0.6) is 5.75 Å². The molecule has 3 unspecified atom stereocenters. The van der Waals surface area contributed by atoms with Crippen molar-refractivity contribution in [2.75, 3.05) is 0 Å². The first-order chi connectivity index (χ1) is 17.5. The maximum absolute atomic E-state index is 10.9. The zero-order valence-electron chi connectivity index (χ0n) is 23.7. The van der Waals surface area contributed by atoms with E-state index in [2.05, 4.69) is 26.0 Å². The number of fused-ring (bicyclic) bond motifs is 5. The van der Waals surface area contributed by atoms with Crippen LogP contribution in [0.2, 0.25) is 0 Å². The molecule has 1 aromatic carbocycles. The van der Waals surface area contributed by atoms with E-state index in [4.69, 9.17) is 0 Å². The lowest BCUT2D eigenvalue weighted by Gasteiger charge is -2.53. The maximum Gasteiger partial charge on any atom is 0.115 e. The average molecular weight is 497 g/mol. The molecule has 0 spiro atoms. The number of hydrogen-bond acceptors (Lipinski definition) is 2. The number of rotatable bonds is 15. The number of phenolic OH excluding ortho intramolecular Hbond substituents is 1. The fourth-order valence-electron chi connectivity index (χ4n) is 8.63. The van der Waals surface area contributed by atoms with Gasteiger partial charge in [-0.2, -0.15) is 0 Å². The highest BCUT2D eigenvalue weighted by Gasteiger charge is 2.56. The highest BCUT2D eigenvalue weighted by atomic mass is 16.3. The number of aliphatic hydroxyl groups excluding tert-OH is 1. The van der Waals surface area contributed by atoms with Crippen LogP contribution in [0, 0.1) is 23.2 Å². The lowest BCUT2D eigenvalue weighted by Crippen LogP contribution is -2.47. The number of unbranched alkanes of at least 4 members (excludes halogenated alkanes) is 13. The number of benzene rings is 1. The summed E-state index contributed by atoms with van der Waals surface area (Å²) < 4.78 is 0. The minimum atomic E-state index is -0.105. The fraction of sp³-hybridized carbons (Fsp3) is 0.824. The molecule has 0 saturated heterocycles. The number of aliphatic hydroxyl groups is 1. The third-order valence-electron chi connectivity index (χ3n) is 10.8. The minimum absolute atomic E-state index is 0.105. The standard InChI is InChI=1S/C34H56O2/c1-3-4-5-6-7-8-9-10-11-12-13-14-15-16-17-26-24-27-25-28(35)18-19-29(27)30-22-23-34(2)31(33(26)30)20-21-32(34)36/h18-19,25-26,30-33,35-36H,3-17,20-24H2,1-2H3/t26-,30?,31?,32+,33?,34+/m1/s1. The first-order valence-electron chi connectivity index (χ1n) is 16.0. The van der Waals surface area contributed by atoms with E-state index < -0.39 is 0 Å². The van der Waals surface area contributed by atoms with Crippen LogP contribution in [0.15, 0.2) is 18.2 Å². The van der Waals surface area contributed by atoms with Crippen molar-refractivity contribution in [3.63, 3.8) is 0 Å². The van der Waals surface area contributed by atoms with Gasteiger partial charge in [-0.15, -0.1) is 0 Å². The Kier molecular flexibility index (Phi) is 10.6. The molecule has 3 aliphatic carbocycles. The van der Waals surface area contributed by atoms with Gasteiger partial charge in [0.15, 0.2) is 0 Å². The second-order valence-corrected chi connectivity index (χ2v) is 13.2. The molecule has 0 bridgehead atoms. The Balaban J connectivity index is 1.19. The Morgan fingerprint density at radius 3 is 2.06 bits per heavy atom. The molecule has 1 aromatic rings. The van der Waals surface area contributed by atoms with Gasteiger partial charge < -0.3 is 10.2 Å². The predicted octanol–water partition coefficient (Wildman–Crippen LogP) is 9.71. The fourth-order valence-corrected chi connectivity index (χ4v) is 8.63. The van der Waals surface area contributed by atoms with Gasteiger partial charge in [-0.05, 0) is 90.9 Å². The van der Waals surface area contributed by atoms with Gasteiger partial charge in [-0.25, -0.2) is 0 Å². The average Bonchev–Trinajstić information content (AvgIpc) is 3.18. The monoisotopic (exact) mass is 496 g/mol. The number of phenols is 1. The largest absolute Gasteiger partial charge is 0.508 e. The molecule has 2 heteroatoms. The molecule has 0 radical (unpaired) electrons. The summed E-state index contributed by atoms with van der Waals surface area (Å²) in [7, 11) is 0. The Morgan fingerprint density at radius 1 is 0.806 bits per heavy atom. The molecule has 2 saturated carbocycles. The van der Waals surface area contributed by atoms with Gasteiger partial charge in [0.2, 0.25) is 0 Å². The van der Waals surface area contributed by atoms with Crippen molar-refractivity contribution in [3.8, 4) is 5.75 Å². The molecule has 204 valence electrons. The van der Waals surface area contributed by atoms with Crippen LogP contribution < -0.4 is 0 Å². The molecule has 6 atom stereocenters. The van der Waals surface area contributed by atoms with Crippen LogP contribution >= 0.6 is 0 Å². The highest BCUT2D eigenvalue weighted by Crippen LogP contribution is 2.62. The summed E-state index contributed by atoms with van der Waals surface area (Å²) in [4.78, 5) is 0. The van der Waals surface area contributed by atoms with Crippen molar-refractivity contribution >= 4 is 0 Å². The van der Waals surface area contributed by atoms with Gasteiger partial charge in [-0.1, -0.05) is 110 Å².